The van der Waals surface area contributed by atoms with Crippen molar-refractivity contribution in [2.45, 2.75) is 26.3 Å². The van der Waals surface area contributed by atoms with Crippen molar-refractivity contribution in [2.24, 2.45) is 0 Å². The van der Waals surface area contributed by atoms with Crippen LogP contribution in [-0.4, -0.2) is 13.7 Å². The first-order valence-corrected chi connectivity index (χ1v) is 6.95. The van der Waals surface area contributed by atoms with Gasteiger partial charge in [-0.25, -0.2) is 8.78 Å². The minimum Gasteiger partial charge on any atom is -0.497 e. The molecule has 1 N–H and O–H groups in total. The molecular formula is C16H19F2NO2. The zero-order valence-electron chi connectivity index (χ0n) is 12.4. The maximum Gasteiger partial charge on any atom is 0.135 e. The predicted molar refractivity (Wildman–Crippen MR) is 76.5 cm³/mol. The highest BCUT2D eigenvalue weighted by Gasteiger charge is 2.25. The summed E-state index contributed by atoms with van der Waals surface area (Å²) in [6, 6.07) is 5.24. The molecule has 1 aromatic carbocycles. The van der Waals surface area contributed by atoms with E-state index in [9.17, 15) is 8.78 Å². The Morgan fingerprint density at radius 3 is 2.33 bits per heavy atom. The Bertz CT molecular complexity index is 587. The van der Waals surface area contributed by atoms with Crippen molar-refractivity contribution in [1.29, 1.82) is 0 Å². The molecule has 0 bridgehead atoms. The number of methoxy groups -OCH3 is 1. The zero-order chi connectivity index (χ0) is 15.4. The van der Waals surface area contributed by atoms with Crippen molar-refractivity contribution < 1.29 is 17.9 Å². The van der Waals surface area contributed by atoms with Crippen LogP contribution in [0.1, 0.15) is 37.0 Å². The maximum absolute atomic E-state index is 14.2. The van der Waals surface area contributed by atoms with Gasteiger partial charge in [0.1, 0.15) is 28.9 Å². The fourth-order valence-electron chi connectivity index (χ4n) is 2.24. The molecule has 0 spiro atoms. The lowest BCUT2D eigenvalue weighted by Crippen LogP contribution is -2.23. The molecule has 0 saturated heterocycles. The smallest absolute Gasteiger partial charge is 0.135 e. The van der Waals surface area contributed by atoms with Gasteiger partial charge in [-0.3, -0.25) is 0 Å². The first-order chi connectivity index (χ1) is 10.1. The van der Waals surface area contributed by atoms with E-state index in [0.717, 1.165) is 12.2 Å². The number of halogens is 2. The molecule has 0 amide bonds. The number of aryl methyl sites for hydroxylation is 1. The summed E-state index contributed by atoms with van der Waals surface area (Å²) in [4.78, 5) is 0. The Morgan fingerprint density at radius 1 is 1.19 bits per heavy atom. The van der Waals surface area contributed by atoms with E-state index in [2.05, 4.69) is 5.32 Å². The van der Waals surface area contributed by atoms with Crippen LogP contribution in [0.4, 0.5) is 8.78 Å². The third-order valence-electron chi connectivity index (χ3n) is 3.30. The molecule has 1 heterocycles. The summed E-state index contributed by atoms with van der Waals surface area (Å²) in [6.07, 6.45) is 0.729. The number of furan rings is 1. The standard InChI is InChI=1S/C16H19F2NO2/c1-4-10-6-7-14(21-10)16(19-5-2)15-12(17)8-11(20-3)9-13(15)18/h6-9,16,19H,4-5H2,1-3H3. The first kappa shape index (κ1) is 15.5. The van der Waals surface area contributed by atoms with Crippen LogP contribution in [0.3, 0.4) is 0 Å². The quantitative estimate of drug-likeness (QED) is 0.879. The number of benzene rings is 1. The second kappa shape index (κ2) is 6.72. The van der Waals surface area contributed by atoms with Gasteiger partial charge in [0, 0.05) is 24.1 Å². The van der Waals surface area contributed by atoms with E-state index in [4.69, 9.17) is 9.15 Å². The van der Waals surface area contributed by atoms with Crippen molar-refractivity contribution in [1.82, 2.24) is 5.32 Å². The van der Waals surface area contributed by atoms with Gasteiger partial charge in [0.05, 0.1) is 13.2 Å². The molecule has 2 rings (SSSR count). The molecule has 0 aliphatic rings. The normalized spacial score (nSPS) is 12.4. The summed E-state index contributed by atoms with van der Waals surface area (Å²) in [7, 11) is 1.37. The highest BCUT2D eigenvalue weighted by atomic mass is 19.1. The Balaban J connectivity index is 2.47. The number of hydrogen-bond acceptors (Lipinski definition) is 3. The second-order valence-electron chi connectivity index (χ2n) is 4.65. The van der Waals surface area contributed by atoms with Crippen molar-refractivity contribution >= 4 is 0 Å². The van der Waals surface area contributed by atoms with E-state index in [1.54, 1.807) is 6.07 Å². The highest BCUT2D eigenvalue weighted by Crippen LogP contribution is 2.31. The molecular weight excluding hydrogens is 276 g/mol. The van der Waals surface area contributed by atoms with Crippen LogP contribution < -0.4 is 10.1 Å². The fourth-order valence-corrected chi connectivity index (χ4v) is 2.24. The van der Waals surface area contributed by atoms with Crippen LogP contribution in [0, 0.1) is 11.6 Å². The van der Waals surface area contributed by atoms with Gasteiger partial charge in [0.2, 0.25) is 0 Å². The first-order valence-electron chi connectivity index (χ1n) is 6.95. The van der Waals surface area contributed by atoms with Gasteiger partial charge in [0.15, 0.2) is 0 Å². The summed E-state index contributed by atoms with van der Waals surface area (Å²) in [5.41, 5.74) is -0.0605. The monoisotopic (exact) mass is 295 g/mol. The van der Waals surface area contributed by atoms with E-state index in [1.807, 2.05) is 19.9 Å². The van der Waals surface area contributed by atoms with Crippen molar-refractivity contribution in [3.63, 3.8) is 0 Å². The molecule has 2 aromatic rings. The second-order valence-corrected chi connectivity index (χ2v) is 4.65. The summed E-state index contributed by atoms with van der Waals surface area (Å²) in [5, 5.41) is 3.06. The largest absolute Gasteiger partial charge is 0.497 e. The van der Waals surface area contributed by atoms with Gasteiger partial charge >= 0.3 is 0 Å². The molecule has 0 fully saturated rings. The minimum atomic E-state index is -0.666. The van der Waals surface area contributed by atoms with Gasteiger partial charge in [-0.1, -0.05) is 13.8 Å². The van der Waals surface area contributed by atoms with E-state index in [0.29, 0.717) is 12.3 Å². The van der Waals surface area contributed by atoms with Crippen molar-refractivity contribution in [2.75, 3.05) is 13.7 Å². The molecule has 1 aromatic heterocycles. The van der Waals surface area contributed by atoms with Crippen LogP contribution in [-0.2, 0) is 6.42 Å². The van der Waals surface area contributed by atoms with Gasteiger partial charge in [-0.05, 0) is 18.7 Å². The van der Waals surface area contributed by atoms with E-state index >= 15 is 0 Å². The number of nitrogens with one attached hydrogen (secondary N) is 1. The van der Waals surface area contributed by atoms with Crippen LogP contribution in [0.15, 0.2) is 28.7 Å². The van der Waals surface area contributed by atoms with Crippen molar-refractivity contribution in [3.8, 4) is 5.75 Å². The average Bonchev–Trinajstić information content (AvgIpc) is 2.94. The Morgan fingerprint density at radius 2 is 1.86 bits per heavy atom. The van der Waals surface area contributed by atoms with Gasteiger partial charge < -0.3 is 14.5 Å². The number of hydrogen-bond donors (Lipinski definition) is 1. The third kappa shape index (κ3) is 3.24. The van der Waals surface area contributed by atoms with Crippen LogP contribution >= 0.6 is 0 Å². The third-order valence-corrected chi connectivity index (χ3v) is 3.30. The van der Waals surface area contributed by atoms with E-state index in [-0.39, 0.29) is 11.3 Å². The van der Waals surface area contributed by atoms with Gasteiger partial charge in [-0.15, -0.1) is 0 Å². The molecule has 0 aliphatic heterocycles. The molecule has 0 saturated carbocycles. The molecule has 114 valence electrons. The average molecular weight is 295 g/mol. The van der Waals surface area contributed by atoms with Crippen LogP contribution in [0.2, 0.25) is 0 Å². The molecule has 3 nitrogen and oxygen atoms in total. The SMILES string of the molecule is CCNC(c1ccc(CC)o1)c1c(F)cc(OC)cc1F. The molecule has 1 unspecified atom stereocenters. The Labute approximate surface area is 122 Å². The van der Waals surface area contributed by atoms with Crippen LogP contribution in [0.5, 0.6) is 5.75 Å². The maximum atomic E-state index is 14.2. The zero-order valence-corrected chi connectivity index (χ0v) is 12.4. The molecule has 1 atom stereocenters. The van der Waals surface area contributed by atoms with Crippen molar-refractivity contribution in [3.05, 3.63) is 53.0 Å². The molecule has 5 heteroatoms. The summed E-state index contributed by atoms with van der Waals surface area (Å²) >= 11 is 0. The topological polar surface area (TPSA) is 34.4 Å². The lowest BCUT2D eigenvalue weighted by atomic mass is 10.0. The summed E-state index contributed by atoms with van der Waals surface area (Å²) < 4.78 is 39.0. The number of ether oxygens (including phenoxy) is 1. The Kier molecular flexibility index (Phi) is 4.96. The molecule has 0 aliphatic carbocycles. The highest BCUT2D eigenvalue weighted by molar-refractivity contribution is 5.36. The minimum absolute atomic E-state index is 0.0605. The van der Waals surface area contributed by atoms with E-state index in [1.165, 1.54) is 19.2 Å². The molecule has 0 radical (unpaired) electrons. The van der Waals surface area contributed by atoms with Crippen LogP contribution in [0.25, 0.3) is 0 Å². The Hall–Kier alpha value is -1.88. The summed E-state index contributed by atoms with van der Waals surface area (Å²) in [5.74, 6) is 0.107. The predicted octanol–water partition coefficient (Wildman–Crippen LogP) is 3.83. The van der Waals surface area contributed by atoms with Gasteiger partial charge in [0.25, 0.3) is 0 Å². The van der Waals surface area contributed by atoms with E-state index < -0.39 is 17.7 Å². The lowest BCUT2D eigenvalue weighted by molar-refractivity contribution is 0.392. The lowest BCUT2D eigenvalue weighted by Gasteiger charge is -2.18. The van der Waals surface area contributed by atoms with Gasteiger partial charge in [-0.2, -0.15) is 0 Å². The molecule has 21 heavy (non-hydrogen) atoms. The number of rotatable bonds is 6. The summed E-state index contributed by atoms with van der Waals surface area (Å²) in [6.45, 7) is 4.38. The fraction of sp³-hybridized carbons (Fsp3) is 0.375.